The van der Waals surface area contributed by atoms with Crippen molar-refractivity contribution in [2.45, 2.75) is 0 Å². The second-order valence-corrected chi connectivity index (χ2v) is 2.10. The van der Waals surface area contributed by atoms with Gasteiger partial charge in [0, 0.05) is 0 Å². The van der Waals surface area contributed by atoms with Crippen molar-refractivity contribution in [2.24, 2.45) is 0 Å². The lowest BCUT2D eigenvalue weighted by Crippen LogP contribution is -1.93. The third kappa shape index (κ3) is 1.60. The summed E-state index contributed by atoms with van der Waals surface area (Å²) in [7, 11) is 1.47. The monoisotopic (exact) mass is 168 g/mol. The van der Waals surface area contributed by atoms with Crippen LogP contribution in [0.2, 0.25) is 5.02 Å². The number of hydrogen-bond acceptors (Lipinski definition) is 3. The highest BCUT2D eigenvalue weighted by Gasteiger charge is 2.02. The molecule has 0 fully saturated rings. The Kier molecular flexibility index (Phi) is 2.29. The summed E-state index contributed by atoms with van der Waals surface area (Å²) in [4.78, 5) is 7.55. The molecule has 4 heteroatoms. The Bertz CT molecular complexity index is 306. The highest BCUT2D eigenvalue weighted by molar-refractivity contribution is 6.31. The van der Waals surface area contributed by atoms with Crippen LogP contribution in [0.4, 0.5) is 0 Å². The molecule has 0 saturated carbocycles. The number of terminal acetylenes is 1. The molecule has 0 aromatic carbocycles. The first kappa shape index (κ1) is 7.83. The van der Waals surface area contributed by atoms with Crippen LogP contribution in [0.1, 0.15) is 5.82 Å². The first-order valence-electron chi connectivity index (χ1n) is 2.81. The van der Waals surface area contributed by atoms with E-state index in [0.29, 0.717) is 10.9 Å². The fraction of sp³-hybridized carbons (Fsp3) is 0.143. The molecule has 1 rings (SSSR count). The van der Waals surface area contributed by atoms with E-state index < -0.39 is 0 Å². The highest BCUT2D eigenvalue weighted by atomic mass is 35.5. The summed E-state index contributed by atoms with van der Waals surface area (Å²) < 4.78 is 4.81. The zero-order valence-corrected chi connectivity index (χ0v) is 6.59. The summed E-state index contributed by atoms with van der Waals surface area (Å²) in [6, 6.07) is 0. The molecule has 0 aliphatic rings. The Hall–Kier alpha value is -1.27. The van der Waals surface area contributed by atoms with Crippen molar-refractivity contribution in [3.63, 3.8) is 0 Å². The SMILES string of the molecule is C#Cc1ncc(Cl)c(OC)n1. The number of hydrogen-bond donors (Lipinski definition) is 0. The fourth-order valence-corrected chi connectivity index (χ4v) is 0.732. The van der Waals surface area contributed by atoms with Crippen molar-refractivity contribution in [3.05, 3.63) is 17.0 Å². The summed E-state index contributed by atoms with van der Waals surface area (Å²) in [5.74, 6) is 2.84. The van der Waals surface area contributed by atoms with Crippen LogP contribution >= 0.6 is 11.6 Å². The summed E-state index contributed by atoms with van der Waals surface area (Å²) in [5, 5.41) is 0.353. The van der Waals surface area contributed by atoms with E-state index in [-0.39, 0.29) is 5.82 Å². The van der Waals surface area contributed by atoms with E-state index >= 15 is 0 Å². The second kappa shape index (κ2) is 3.22. The lowest BCUT2D eigenvalue weighted by atomic mass is 10.5. The molecule has 0 amide bonds. The van der Waals surface area contributed by atoms with Crippen molar-refractivity contribution >= 4 is 11.6 Å². The molecule has 1 aromatic heterocycles. The first-order valence-corrected chi connectivity index (χ1v) is 3.19. The zero-order valence-electron chi connectivity index (χ0n) is 5.84. The van der Waals surface area contributed by atoms with Crippen LogP contribution in [0.3, 0.4) is 0 Å². The molecule has 0 atom stereocenters. The van der Waals surface area contributed by atoms with Gasteiger partial charge in [-0.25, -0.2) is 4.98 Å². The average molecular weight is 169 g/mol. The molecule has 1 aromatic rings. The lowest BCUT2D eigenvalue weighted by Gasteiger charge is -1.99. The van der Waals surface area contributed by atoms with E-state index in [4.69, 9.17) is 22.8 Å². The Labute approximate surface area is 69.4 Å². The van der Waals surface area contributed by atoms with Crippen molar-refractivity contribution in [3.8, 4) is 18.2 Å². The number of nitrogens with zero attached hydrogens (tertiary/aromatic N) is 2. The molecule has 11 heavy (non-hydrogen) atoms. The third-order valence-electron chi connectivity index (χ3n) is 1.03. The third-order valence-corrected chi connectivity index (χ3v) is 1.29. The highest BCUT2D eigenvalue weighted by Crippen LogP contribution is 2.18. The minimum atomic E-state index is 0.270. The number of halogens is 1. The van der Waals surface area contributed by atoms with Gasteiger partial charge in [-0.2, -0.15) is 4.98 Å². The first-order chi connectivity index (χ1) is 5.27. The molecule has 0 N–H and O–H groups in total. The lowest BCUT2D eigenvalue weighted by molar-refractivity contribution is 0.396. The van der Waals surface area contributed by atoms with Crippen molar-refractivity contribution in [1.82, 2.24) is 9.97 Å². The molecule has 0 saturated heterocycles. The van der Waals surface area contributed by atoms with Gasteiger partial charge in [-0.15, -0.1) is 6.42 Å². The van der Waals surface area contributed by atoms with Crippen molar-refractivity contribution in [1.29, 1.82) is 0 Å². The number of ether oxygens (including phenoxy) is 1. The Morgan fingerprint density at radius 1 is 1.73 bits per heavy atom. The molecule has 0 radical (unpaired) electrons. The topological polar surface area (TPSA) is 35.0 Å². The Morgan fingerprint density at radius 3 is 3.00 bits per heavy atom. The predicted molar refractivity (Wildman–Crippen MR) is 41.5 cm³/mol. The molecule has 0 aliphatic carbocycles. The number of rotatable bonds is 1. The van der Waals surface area contributed by atoms with Gasteiger partial charge in [0.05, 0.1) is 13.3 Å². The van der Waals surface area contributed by atoms with Gasteiger partial charge >= 0.3 is 0 Å². The number of methoxy groups -OCH3 is 1. The second-order valence-electron chi connectivity index (χ2n) is 1.70. The predicted octanol–water partition coefficient (Wildman–Crippen LogP) is 1.12. The van der Waals surface area contributed by atoms with E-state index in [1.807, 2.05) is 0 Å². The molecule has 56 valence electrons. The van der Waals surface area contributed by atoms with E-state index in [0.717, 1.165) is 0 Å². The molecule has 0 spiro atoms. The minimum Gasteiger partial charge on any atom is -0.480 e. The molecule has 0 unspecified atom stereocenters. The van der Waals surface area contributed by atoms with E-state index in [1.54, 1.807) is 0 Å². The average Bonchev–Trinajstić information content (AvgIpc) is 2.05. The molecule has 0 bridgehead atoms. The van der Waals surface area contributed by atoms with Crippen molar-refractivity contribution in [2.75, 3.05) is 7.11 Å². The van der Waals surface area contributed by atoms with E-state index in [9.17, 15) is 0 Å². The summed E-state index contributed by atoms with van der Waals surface area (Å²) in [5.41, 5.74) is 0. The molecule has 0 aliphatic heterocycles. The van der Waals surface area contributed by atoms with Gasteiger partial charge in [0.1, 0.15) is 5.02 Å². The number of aromatic nitrogens is 2. The Balaban J connectivity index is 3.15. The van der Waals surface area contributed by atoms with Gasteiger partial charge < -0.3 is 4.74 Å². The quantitative estimate of drug-likeness (QED) is 0.590. The van der Waals surface area contributed by atoms with Crippen LogP contribution in [0.25, 0.3) is 0 Å². The zero-order chi connectivity index (χ0) is 8.27. The normalized spacial score (nSPS) is 8.82. The Morgan fingerprint density at radius 2 is 2.45 bits per heavy atom. The summed E-state index contributed by atoms with van der Waals surface area (Å²) in [6.07, 6.45) is 6.46. The molecule has 1 heterocycles. The minimum absolute atomic E-state index is 0.270. The fourth-order valence-electron chi connectivity index (χ4n) is 0.564. The van der Waals surface area contributed by atoms with Crippen LogP contribution in [-0.4, -0.2) is 17.1 Å². The van der Waals surface area contributed by atoms with Gasteiger partial charge in [-0.1, -0.05) is 11.6 Å². The van der Waals surface area contributed by atoms with Gasteiger partial charge in [0.2, 0.25) is 11.7 Å². The molecular formula is C7H5ClN2O. The van der Waals surface area contributed by atoms with Crippen LogP contribution in [-0.2, 0) is 0 Å². The summed E-state index contributed by atoms with van der Waals surface area (Å²) >= 11 is 5.63. The summed E-state index contributed by atoms with van der Waals surface area (Å²) in [6.45, 7) is 0. The largest absolute Gasteiger partial charge is 0.480 e. The van der Waals surface area contributed by atoms with Gasteiger partial charge in [0.15, 0.2) is 0 Å². The smallest absolute Gasteiger partial charge is 0.236 e. The van der Waals surface area contributed by atoms with Crippen LogP contribution < -0.4 is 4.74 Å². The van der Waals surface area contributed by atoms with Crippen molar-refractivity contribution < 1.29 is 4.74 Å². The van der Waals surface area contributed by atoms with Gasteiger partial charge in [0.25, 0.3) is 0 Å². The maximum absolute atomic E-state index is 5.63. The van der Waals surface area contributed by atoms with Gasteiger partial charge in [-0.3, -0.25) is 0 Å². The van der Waals surface area contributed by atoms with E-state index in [2.05, 4.69) is 15.9 Å². The molecular weight excluding hydrogens is 164 g/mol. The van der Waals surface area contributed by atoms with Crippen LogP contribution in [0, 0.1) is 12.3 Å². The standard InChI is InChI=1S/C7H5ClN2O/c1-3-6-9-4-5(8)7(10-6)11-2/h1,4H,2H3. The van der Waals surface area contributed by atoms with Crippen LogP contribution in [0.15, 0.2) is 6.20 Å². The maximum Gasteiger partial charge on any atom is 0.236 e. The maximum atomic E-state index is 5.63. The molecule has 3 nitrogen and oxygen atoms in total. The van der Waals surface area contributed by atoms with Gasteiger partial charge in [-0.05, 0) is 5.92 Å². The van der Waals surface area contributed by atoms with E-state index in [1.165, 1.54) is 13.3 Å². The van der Waals surface area contributed by atoms with Crippen LogP contribution in [0.5, 0.6) is 5.88 Å².